The second-order valence-corrected chi connectivity index (χ2v) is 5.84. The Morgan fingerprint density at radius 1 is 1.30 bits per heavy atom. The molecule has 2 aromatic heterocycles. The van der Waals surface area contributed by atoms with Crippen LogP contribution in [0.1, 0.15) is 27.7 Å². The first-order chi connectivity index (χ1) is 12.9. The van der Waals surface area contributed by atoms with Crippen LogP contribution in [-0.2, 0) is 13.7 Å². The Labute approximate surface area is 154 Å². The fourth-order valence-electron chi connectivity index (χ4n) is 2.46. The van der Waals surface area contributed by atoms with Gasteiger partial charge < -0.3 is 9.15 Å². The minimum Gasteiger partial charge on any atom is -0.486 e. The zero-order valence-corrected chi connectivity index (χ0v) is 14.8. The summed E-state index contributed by atoms with van der Waals surface area (Å²) < 4.78 is 12.7. The molecule has 0 saturated carbocycles. The SMILES string of the molecule is Cc1cc(C(=O)/C=C/c2ccc(COc3ccc([N+](=O)[O-])cc3)o2)n(C)n1. The van der Waals surface area contributed by atoms with E-state index in [2.05, 4.69) is 5.10 Å². The minimum atomic E-state index is -0.469. The van der Waals surface area contributed by atoms with Gasteiger partial charge in [-0.25, -0.2) is 0 Å². The minimum absolute atomic E-state index is 0.000977. The number of allylic oxidation sites excluding steroid dienone is 1. The van der Waals surface area contributed by atoms with Gasteiger partial charge in [0.15, 0.2) is 0 Å². The molecule has 2 heterocycles. The Kier molecular flexibility index (Phi) is 5.16. The summed E-state index contributed by atoms with van der Waals surface area (Å²) in [6, 6.07) is 11.0. The van der Waals surface area contributed by atoms with Crippen LogP contribution in [-0.4, -0.2) is 20.5 Å². The average Bonchev–Trinajstić information content (AvgIpc) is 3.24. The van der Waals surface area contributed by atoms with Crippen molar-refractivity contribution in [3.8, 4) is 5.75 Å². The lowest BCUT2D eigenvalue weighted by molar-refractivity contribution is -0.384. The van der Waals surface area contributed by atoms with Crippen LogP contribution in [0.15, 0.2) is 53.0 Å². The number of nitro groups is 1. The number of hydrogen-bond acceptors (Lipinski definition) is 6. The second kappa shape index (κ2) is 7.69. The Morgan fingerprint density at radius 3 is 2.67 bits per heavy atom. The van der Waals surface area contributed by atoms with Crippen molar-refractivity contribution in [1.82, 2.24) is 9.78 Å². The van der Waals surface area contributed by atoms with E-state index in [1.807, 2.05) is 6.92 Å². The van der Waals surface area contributed by atoms with E-state index in [1.54, 1.807) is 31.3 Å². The fraction of sp³-hybridized carbons (Fsp3) is 0.158. The van der Waals surface area contributed by atoms with Gasteiger partial charge in [0.05, 0.1) is 10.6 Å². The van der Waals surface area contributed by atoms with E-state index >= 15 is 0 Å². The van der Waals surface area contributed by atoms with E-state index in [0.717, 1.165) is 5.69 Å². The van der Waals surface area contributed by atoms with Crippen LogP contribution in [0.2, 0.25) is 0 Å². The number of ketones is 1. The number of aromatic nitrogens is 2. The molecule has 0 aliphatic carbocycles. The smallest absolute Gasteiger partial charge is 0.269 e. The molecule has 3 aromatic rings. The number of rotatable bonds is 7. The van der Waals surface area contributed by atoms with Gasteiger partial charge in [0.25, 0.3) is 5.69 Å². The lowest BCUT2D eigenvalue weighted by Crippen LogP contribution is -2.03. The van der Waals surface area contributed by atoms with Gasteiger partial charge in [0.2, 0.25) is 5.78 Å². The number of carbonyl (C=O) groups excluding carboxylic acids is 1. The molecular formula is C19H17N3O5. The molecule has 0 bridgehead atoms. The van der Waals surface area contributed by atoms with Gasteiger partial charge in [-0.1, -0.05) is 0 Å². The number of furan rings is 1. The van der Waals surface area contributed by atoms with Crippen LogP contribution >= 0.6 is 0 Å². The monoisotopic (exact) mass is 367 g/mol. The molecule has 0 aliphatic rings. The third-order valence-corrected chi connectivity index (χ3v) is 3.76. The number of aryl methyl sites for hydroxylation is 2. The van der Waals surface area contributed by atoms with Gasteiger partial charge in [-0.3, -0.25) is 19.6 Å². The normalized spacial score (nSPS) is 11.0. The topological polar surface area (TPSA) is 100 Å². The molecule has 0 atom stereocenters. The molecule has 0 amide bonds. The third kappa shape index (κ3) is 4.49. The van der Waals surface area contributed by atoms with Crippen molar-refractivity contribution in [3.63, 3.8) is 0 Å². The van der Waals surface area contributed by atoms with Crippen molar-refractivity contribution in [2.45, 2.75) is 13.5 Å². The van der Waals surface area contributed by atoms with Gasteiger partial charge >= 0.3 is 0 Å². The zero-order valence-electron chi connectivity index (χ0n) is 14.8. The first-order valence-electron chi connectivity index (χ1n) is 8.11. The van der Waals surface area contributed by atoms with Gasteiger partial charge in [-0.05, 0) is 49.4 Å². The number of carbonyl (C=O) groups is 1. The highest BCUT2D eigenvalue weighted by Gasteiger charge is 2.09. The molecule has 0 unspecified atom stereocenters. The molecule has 0 spiro atoms. The Balaban J connectivity index is 1.58. The van der Waals surface area contributed by atoms with Crippen molar-refractivity contribution >= 4 is 17.5 Å². The molecule has 0 radical (unpaired) electrons. The molecular weight excluding hydrogens is 350 g/mol. The Hall–Kier alpha value is -3.68. The van der Waals surface area contributed by atoms with Gasteiger partial charge in [0.1, 0.15) is 29.6 Å². The average molecular weight is 367 g/mol. The molecule has 138 valence electrons. The molecule has 8 heteroatoms. The van der Waals surface area contributed by atoms with E-state index < -0.39 is 4.92 Å². The summed E-state index contributed by atoms with van der Waals surface area (Å²) in [4.78, 5) is 22.3. The molecule has 0 fully saturated rings. The Morgan fingerprint density at radius 2 is 2.04 bits per heavy atom. The quantitative estimate of drug-likeness (QED) is 0.273. The maximum absolute atomic E-state index is 12.2. The molecule has 27 heavy (non-hydrogen) atoms. The highest BCUT2D eigenvalue weighted by molar-refractivity contribution is 6.05. The summed E-state index contributed by atoms with van der Waals surface area (Å²) in [6.45, 7) is 1.99. The van der Waals surface area contributed by atoms with E-state index in [-0.39, 0.29) is 18.1 Å². The number of nitro benzene ring substituents is 1. The summed E-state index contributed by atoms with van der Waals surface area (Å²) in [6.07, 6.45) is 3.01. The summed E-state index contributed by atoms with van der Waals surface area (Å²) >= 11 is 0. The van der Waals surface area contributed by atoms with Crippen LogP contribution in [0.25, 0.3) is 6.08 Å². The molecule has 0 N–H and O–H groups in total. The summed E-state index contributed by atoms with van der Waals surface area (Å²) in [5.41, 5.74) is 1.27. The van der Waals surface area contributed by atoms with Crippen LogP contribution in [0, 0.1) is 17.0 Å². The van der Waals surface area contributed by atoms with Gasteiger partial charge in [-0.2, -0.15) is 5.10 Å². The number of nitrogens with zero attached hydrogens (tertiary/aromatic N) is 3. The largest absolute Gasteiger partial charge is 0.486 e. The highest BCUT2D eigenvalue weighted by atomic mass is 16.6. The van der Waals surface area contributed by atoms with E-state index in [9.17, 15) is 14.9 Å². The molecule has 0 aliphatic heterocycles. The lowest BCUT2D eigenvalue weighted by Gasteiger charge is -2.03. The molecule has 8 nitrogen and oxygen atoms in total. The zero-order chi connectivity index (χ0) is 19.4. The van der Waals surface area contributed by atoms with Crippen molar-refractivity contribution in [3.05, 3.63) is 81.6 Å². The fourth-order valence-corrected chi connectivity index (χ4v) is 2.46. The maximum atomic E-state index is 12.2. The van der Waals surface area contributed by atoms with Crippen molar-refractivity contribution in [1.29, 1.82) is 0 Å². The molecule has 3 rings (SSSR count). The van der Waals surface area contributed by atoms with Crippen molar-refractivity contribution in [2.75, 3.05) is 0 Å². The maximum Gasteiger partial charge on any atom is 0.269 e. The standard InChI is InChI=1S/C19H17N3O5/c1-13-11-18(21(2)20-13)19(23)10-9-16-7-8-17(27-16)12-26-15-5-3-14(4-6-15)22(24)25/h3-11H,12H2,1-2H3/b10-9+. The second-order valence-electron chi connectivity index (χ2n) is 5.84. The first-order valence-corrected chi connectivity index (χ1v) is 8.11. The van der Waals surface area contributed by atoms with Crippen LogP contribution in [0.5, 0.6) is 5.75 Å². The number of non-ortho nitro benzene ring substituents is 1. The first kappa shape index (κ1) is 18.1. The third-order valence-electron chi connectivity index (χ3n) is 3.76. The molecule has 0 saturated heterocycles. The predicted octanol–water partition coefficient (Wildman–Crippen LogP) is 3.70. The van der Waals surface area contributed by atoms with Gasteiger partial charge in [-0.15, -0.1) is 0 Å². The van der Waals surface area contributed by atoms with E-state index in [1.165, 1.54) is 35.0 Å². The van der Waals surface area contributed by atoms with E-state index in [4.69, 9.17) is 9.15 Å². The van der Waals surface area contributed by atoms with Crippen LogP contribution in [0.4, 0.5) is 5.69 Å². The number of benzene rings is 1. The number of hydrogen-bond donors (Lipinski definition) is 0. The Bertz CT molecular complexity index is 999. The molecule has 1 aromatic carbocycles. The summed E-state index contributed by atoms with van der Waals surface area (Å²) in [7, 11) is 1.72. The summed E-state index contributed by atoms with van der Waals surface area (Å²) in [5, 5.41) is 14.8. The van der Waals surface area contributed by atoms with Crippen molar-refractivity contribution < 1.29 is 18.9 Å². The van der Waals surface area contributed by atoms with Crippen LogP contribution in [0.3, 0.4) is 0 Å². The van der Waals surface area contributed by atoms with Gasteiger partial charge in [0, 0.05) is 19.2 Å². The number of ether oxygens (including phenoxy) is 1. The van der Waals surface area contributed by atoms with E-state index in [0.29, 0.717) is 23.0 Å². The highest BCUT2D eigenvalue weighted by Crippen LogP contribution is 2.19. The predicted molar refractivity (Wildman–Crippen MR) is 97.4 cm³/mol. The van der Waals surface area contributed by atoms with Crippen molar-refractivity contribution in [2.24, 2.45) is 7.05 Å². The summed E-state index contributed by atoms with van der Waals surface area (Å²) in [5.74, 6) is 1.41. The van der Waals surface area contributed by atoms with Crippen LogP contribution < -0.4 is 4.74 Å². The lowest BCUT2D eigenvalue weighted by atomic mass is 10.2.